The molecule has 1 heterocycles. The fourth-order valence-electron chi connectivity index (χ4n) is 3.36. The molecule has 0 aromatic heterocycles. The molecule has 1 aliphatic rings. The van der Waals surface area contributed by atoms with E-state index in [2.05, 4.69) is 10.6 Å². The summed E-state index contributed by atoms with van der Waals surface area (Å²) < 4.78 is 4.99. The molecule has 1 aliphatic heterocycles. The van der Waals surface area contributed by atoms with Crippen LogP contribution in [0.25, 0.3) is 10.8 Å². The zero-order chi connectivity index (χ0) is 21.9. The summed E-state index contributed by atoms with van der Waals surface area (Å²) in [5.74, 6) is -1.46. The Labute approximate surface area is 174 Å². The van der Waals surface area contributed by atoms with Gasteiger partial charge in [0.2, 0.25) is 5.91 Å². The van der Waals surface area contributed by atoms with Gasteiger partial charge in [-0.25, -0.2) is 4.79 Å². The summed E-state index contributed by atoms with van der Waals surface area (Å²) in [5, 5.41) is 7.20. The van der Waals surface area contributed by atoms with E-state index in [1.165, 1.54) is 0 Å². The largest absolute Gasteiger partial charge is 0.463 e. The highest BCUT2D eigenvalue weighted by atomic mass is 16.5. The number of benzene rings is 2. The Morgan fingerprint density at radius 3 is 2.53 bits per heavy atom. The van der Waals surface area contributed by atoms with Crippen molar-refractivity contribution in [3.8, 4) is 0 Å². The van der Waals surface area contributed by atoms with Crippen LogP contribution in [0.3, 0.4) is 0 Å². The molecule has 0 saturated carbocycles. The molecule has 1 unspecified atom stereocenters. The maximum atomic E-state index is 13.0. The maximum Gasteiger partial charge on any atom is 0.325 e. The van der Waals surface area contributed by atoms with Crippen molar-refractivity contribution in [2.75, 3.05) is 13.1 Å². The molecule has 2 aromatic rings. The number of rotatable bonds is 7. The molecule has 8 nitrogen and oxygen atoms in total. The molecule has 8 heteroatoms. The second-order valence-corrected chi connectivity index (χ2v) is 7.65. The van der Waals surface area contributed by atoms with Crippen LogP contribution in [0, 0.1) is 0 Å². The van der Waals surface area contributed by atoms with E-state index in [-0.39, 0.29) is 19.1 Å². The topological polar surface area (TPSA) is 105 Å². The smallest absolute Gasteiger partial charge is 0.325 e. The number of nitrogens with zero attached hydrogens (tertiary/aromatic N) is 1. The zero-order valence-electron chi connectivity index (χ0n) is 17.2. The summed E-state index contributed by atoms with van der Waals surface area (Å²) in [5.41, 5.74) is -0.624. The van der Waals surface area contributed by atoms with E-state index in [1.807, 2.05) is 36.4 Å². The average Bonchev–Trinajstić information content (AvgIpc) is 2.91. The van der Waals surface area contributed by atoms with Crippen LogP contribution >= 0.6 is 0 Å². The number of carbonyl (C=O) groups excluding carboxylic acids is 4. The number of hydrogen-bond acceptors (Lipinski definition) is 5. The Bertz CT molecular complexity index is 1000. The Morgan fingerprint density at radius 2 is 1.83 bits per heavy atom. The van der Waals surface area contributed by atoms with E-state index >= 15 is 0 Å². The monoisotopic (exact) mass is 411 g/mol. The number of carbonyl (C=O) groups is 4. The number of hydrogen-bond donors (Lipinski definition) is 2. The van der Waals surface area contributed by atoms with E-state index in [1.54, 1.807) is 26.8 Å². The quantitative estimate of drug-likeness (QED) is 0.536. The van der Waals surface area contributed by atoms with Gasteiger partial charge in [0.15, 0.2) is 0 Å². The molecule has 30 heavy (non-hydrogen) atoms. The summed E-state index contributed by atoms with van der Waals surface area (Å²) >= 11 is 0. The van der Waals surface area contributed by atoms with Gasteiger partial charge in [0, 0.05) is 6.54 Å². The highest BCUT2D eigenvalue weighted by Crippen LogP contribution is 2.30. The average molecular weight is 411 g/mol. The number of imide groups is 1. The van der Waals surface area contributed by atoms with Crippen molar-refractivity contribution >= 4 is 34.6 Å². The standard InChI is InChI=1S/C22H25N3O5/c1-14(2)30-19(27)10-11-23-18(26)13-25-20(28)22(3,24-21(25)29)17-9-8-15-6-4-5-7-16(15)12-17/h4-9,12,14H,10-11,13H2,1-3H3,(H,23,26)(H,24,29). The molecule has 4 amide bonds. The van der Waals surface area contributed by atoms with Gasteiger partial charge in [-0.05, 0) is 43.2 Å². The maximum absolute atomic E-state index is 13.0. The van der Waals surface area contributed by atoms with Gasteiger partial charge in [0.25, 0.3) is 5.91 Å². The van der Waals surface area contributed by atoms with Crippen LogP contribution in [0.4, 0.5) is 4.79 Å². The van der Waals surface area contributed by atoms with Gasteiger partial charge in [-0.2, -0.15) is 0 Å². The highest BCUT2D eigenvalue weighted by Gasteiger charge is 2.49. The molecule has 1 saturated heterocycles. The summed E-state index contributed by atoms with van der Waals surface area (Å²) in [7, 11) is 0. The van der Waals surface area contributed by atoms with Gasteiger partial charge in [-0.1, -0.05) is 36.4 Å². The molecule has 3 rings (SSSR count). The summed E-state index contributed by atoms with van der Waals surface area (Å²) in [4.78, 5) is 50.0. The van der Waals surface area contributed by atoms with Gasteiger partial charge in [-0.15, -0.1) is 0 Å². The van der Waals surface area contributed by atoms with Crippen molar-refractivity contribution in [3.05, 3.63) is 48.0 Å². The van der Waals surface area contributed by atoms with Crippen molar-refractivity contribution in [2.45, 2.75) is 38.8 Å². The first kappa shape index (κ1) is 21.3. The normalized spacial score (nSPS) is 18.6. The highest BCUT2D eigenvalue weighted by molar-refractivity contribution is 6.09. The van der Waals surface area contributed by atoms with Crippen molar-refractivity contribution in [1.82, 2.24) is 15.5 Å². The number of ether oxygens (including phenoxy) is 1. The Morgan fingerprint density at radius 1 is 1.13 bits per heavy atom. The zero-order valence-corrected chi connectivity index (χ0v) is 17.2. The second-order valence-electron chi connectivity index (χ2n) is 7.65. The predicted molar refractivity (Wildman–Crippen MR) is 110 cm³/mol. The Kier molecular flexibility index (Phi) is 6.05. The minimum Gasteiger partial charge on any atom is -0.463 e. The number of esters is 1. The van der Waals surface area contributed by atoms with Crippen LogP contribution in [0.15, 0.2) is 42.5 Å². The fourth-order valence-corrected chi connectivity index (χ4v) is 3.36. The van der Waals surface area contributed by atoms with E-state index in [9.17, 15) is 19.2 Å². The molecular formula is C22H25N3O5. The summed E-state index contributed by atoms with van der Waals surface area (Å²) in [6.45, 7) is 4.74. The van der Waals surface area contributed by atoms with E-state index < -0.39 is 35.9 Å². The third-order valence-electron chi connectivity index (χ3n) is 4.92. The number of amides is 4. The fraction of sp³-hybridized carbons (Fsp3) is 0.364. The van der Waals surface area contributed by atoms with Crippen molar-refractivity contribution in [2.24, 2.45) is 0 Å². The third kappa shape index (κ3) is 4.42. The van der Waals surface area contributed by atoms with Crippen LogP contribution in [0.5, 0.6) is 0 Å². The minimum absolute atomic E-state index is 0.0128. The number of fused-ring (bicyclic) bond motifs is 1. The Hall–Kier alpha value is -3.42. The number of urea groups is 1. The Balaban J connectivity index is 1.65. The van der Waals surface area contributed by atoms with E-state index in [0.29, 0.717) is 5.56 Å². The van der Waals surface area contributed by atoms with Crippen LogP contribution in [-0.2, 0) is 24.7 Å². The van der Waals surface area contributed by atoms with Crippen LogP contribution in [0.1, 0.15) is 32.8 Å². The molecule has 0 bridgehead atoms. The molecule has 1 fully saturated rings. The number of nitrogens with one attached hydrogen (secondary N) is 2. The molecule has 0 radical (unpaired) electrons. The van der Waals surface area contributed by atoms with E-state index in [4.69, 9.17) is 4.74 Å². The second kappa shape index (κ2) is 8.52. The van der Waals surface area contributed by atoms with Gasteiger partial charge < -0.3 is 15.4 Å². The van der Waals surface area contributed by atoms with Crippen LogP contribution < -0.4 is 10.6 Å². The minimum atomic E-state index is -1.26. The lowest BCUT2D eigenvalue weighted by molar-refractivity contribution is -0.147. The first-order valence-corrected chi connectivity index (χ1v) is 9.80. The SMILES string of the molecule is CC(C)OC(=O)CCNC(=O)CN1C(=O)NC(C)(c2ccc3ccccc3c2)C1=O. The molecule has 0 aliphatic carbocycles. The molecular weight excluding hydrogens is 386 g/mol. The summed E-state index contributed by atoms with van der Waals surface area (Å²) in [6.07, 6.45) is -0.217. The molecule has 1 atom stereocenters. The van der Waals surface area contributed by atoms with Crippen molar-refractivity contribution in [1.29, 1.82) is 0 Å². The van der Waals surface area contributed by atoms with Gasteiger partial charge in [0.1, 0.15) is 12.1 Å². The molecule has 158 valence electrons. The lowest BCUT2D eigenvalue weighted by atomic mass is 9.90. The van der Waals surface area contributed by atoms with Crippen LogP contribution in [-0.4, -0.2) is 47.9 Å². The third-order valence-corrected chi connectivity index (χ3v) is 4.92. The van der Waals surface area contributed by atoms with Crippen LogP contribution in [0.2, 0.25) is 0 Å². The van der Waals surface area contributed by atoms with E-state index in [0.717, 1.165) is 15.7 Å². The van der Waals surface area contributed by atoms with Gasteiger partial charge in [-0.3, -0.25) is 19.3 Å². The first-order valence-electron chi connectivity index (χ1n) is 9.80. The predicted octanol–water partition coefficient (Wildman–Crippen LogP) is 2.06. The lowest BCUT2D eigenvalue weighted by Crippen LogP contribution is -2.43. The van der Waals surface area contributed by atoms with Crippen molar-refractivity contribution in [3.63, 3.8) is 0 Å². The van der Waals surface area contributed by atoms with Gasteiger partial charge in [0.05, 0.1) is 12.5 Å². The van der Waals surface area contributed by atoms with Gasteiger partial charge >= 0.3 is 12.0 Å². The summed E-state index contributed by atoms with van der Waals surface area (Å²) in [6, 6.07) is 12.6. The molecule has 2 N–H and O–H groups in total. The van der Waals surface area contributed by atoms with Crippen molar-refractivity contribution < 1.29 is 23.9 Å². The first-order chi connectivity index (χ1) is 14.2. The lowest BCUT2D eigenvalue weighted by Gasteiger charge is -2.22. The molecule has 0 spiro atoms. The molecule has 2 aromatic carbocycles.